The normalized spacial score (nSPS) is 12.6. The molecule has 1 aromatic rings. The molecule has 8 heteroatoms. The van der Waals surface area contributed by atoms with E-state index in [9.17, 15) is 18.0 Å². The fourth-order valence-electron chi connectivity index (χ4n) is 1.53. The Labute approximate surface area is 128 Å². The molecular formula is C13H16ClNO5S. The number of esters is 1. The van der Waals surface area contributed by atoms with Gasteiger partial charge in [-0.15, -0.1) is 0 Å². The molecule has 0 N–H and O–H groups in total. The molecule has 1 atom stereocenters. The molecule has 0 heterocycles. The highest BCUT2D eigenvalue weighted by Gasteiger charge is 2.23. The van der Waals surface area contributed by atoms with Crippen molar-refractivity contribution >= 4 is 33.3 Å². The maximum Gasteiger partial charge on any atom is 0.340 e. The van der Waals surface area contributed by atoms with Crippen LogP contribution in [0.1, 0.15) is 17.3 Å². The fourth-order valence-corrected chi connectivity index (χ4v) is 2.37. The van der Waals surface area contributed by atoms with E-state index in [-0.39, 0.29) is 15.5 Å². The van der Waals surface area contributed by atoms with Crippen molar-refractivity contribution in [1.29, 1.82) is 0 Å². The van der Waals surface area contributed by atoms with Gasteiger partial charge in [0.1, 0.15) is 0 Å². The lowest BCUT2D eigenvalue weighted by molar-refractivity contribution is -0.137. The molecular weight excluding hydrogens is 318 g/mol. The standard InChI is InChI=1S/C13H16ClNO5S/c1-8(12(16)15(2)3)20-13(17)10-7-9(21(4,18)19)5-6-11(10)14/h5-8H,1-4H3/t8-/m1/s1. The second-order valence-electron chi connectivity index (χ2n) is 4.69. The van der Waals surface area contributed by atoms with Gasteiger partial charge < -0.3 is 9.64 Å². The van der Waals surface area contributed by atoms with Gasteiger partial charge in [0.15, 0.2) is 15.9 Å². The molecule has 116 valence electrons. The van der Waals surface area contributed by atoms with Crippen molar-refractivity contribution in [2.75, 3.05) is 20.4 Å². The zero-order valence-electron chi connectivity index (χ0n) is 12.1. The van der Waals surface area contributed by atoms with Crippen LogP contribution < -0.4 is 0 Å². The zero-order chi connectivity index (χ0) is 16.4. The molecule has 0 aliphatic carbocycles. The molecule has 21 heavy (non-hydrogen) atoms. The summed E-state index contributed by atoms with van der Waals surface area (Å²) in [6.45, 7) is 1.43. The molecule has 0 saturated heterocycles. The van der Waals surface area contributed by atoms with E-state index in [2.05, 4.69) is 0 Å². The number of benzene rings is 1. The van der Waals surface area contributed by atoms with Crippen molar-refractivity contribution < 1.29 is 22.7 Å². The van der Waals surface area contributed by atoms with Crippen LogP contribution in [-0.4, -0.2) is 51.6 Å². The predicted octanol–water partition coefficient (Wildman–Crippen LogP) is 1.38. The van der Waals surface area contributed by atoms with Crippen molar-refractivity contribution in [3.8, 4) is 0 Å². The fraction of sp³-hybridized carbons (Fsp3) is 0.385. The first-order chi connectivity index (χ1) is 9.54. The number of amides is 1. The lowest BCUT2D eigenvalue weighted by Crippen LogP contribution is -2.35. The third-order valence-electron chi connectivity index (χ3n) is 2.66. The number of hydrogen-bond acceptors (Lipinski definition) is 5. The number of halogens is 1. The average Bonchev–Trinajstić information content (AvgIpc) is 2.36. The molecule has 1 amide bonds. The van der Waals surface area contributed by atoms with Crippen LogP contribution >= 0.6 is 11.6 Å². The van der Waals surface area contributed by atoms with Crippen molar-refractivity contribution in [2.45, 2.75) is 17.9 Å². The van der Waals surface area contributed by atoms with Crippen LogP contribution in [0, 0.1) is 0 Å². The van der Waals surface area contributed by atoms with E-state index < -0.39 is 27.8 Å². The van der Waals surface area contributed by atoms with E-state index in [0.717, 1.165) is 12.3 Å². The minimum absolute atomic E-state index is 0.0505. The van der Waals surface area contributed by atoms with Crippen LogP contribution in [0.4, 0.5) is 0 Å². The monoisotopic (exact) mass is 333 g/mol. The van der Waals surface area contributed by atoms with Crippen molar-refractivity contribution in [3.63, 3.8) is 0 Å². The lowest BCUT2D eigenvalue weighted by Gasteiger charge is -2.17. The van der Waals surface area contributed by atoms with Crippen LogP contribution in [0.15, 0.2) is 23.1 Å². The number of rotatable bonds is 4. The van der Waals surface area contributed by atoms with E-state index in [1.165, 1.54) is 38.1 Å². The number of carbonyl (C=O) groups is 2. The average molecular weight is 334 g/mol. The number of ether oxygens (including phenoxy) is 1. The zero-order valence-corrected chi connectivity index (χ0v) is 13.7. The smallest absolute Gasteiger partial charge is 0.340 e. The largest absolute Gasteiger partial charge is 0.449 e. The predicted molar refractivity (Wildman–Crippen MR) is 78.1 cm³/mol. The molecule has 0 spiro atoms. The molecule has 0 bridgehead atoms. The van der Waals surface area contributed by atoms with Crippen molar-refractivity contribution in [2.24, 2.45) is 0 Å². The van der Waals surface area contributed by atoms with E-state index in [4.69, 9.17) is 16.3 Å². The van der Waals surface area contributed by atoms with Gasteiger partial charge in [0.2, 0.25) is 0 Å². The summed E-state index contributed by atoms with van der Waals surface area (Å²) in [4.78, 5) is 24.9. The number of hydrogen-bond donors (Lipinski definition) is 0. The molecule has 1 rings (SSSR count). The summed E-state index contributed by atoms with van der Waals surface area (Å²) in [5, 5.41) is 0.0527. The number of sulfone groups is 1. The third-order valence-corrected chi connectivity index (χ3v) is 4.10. The summed E-state index contributed by atoms with van der Waals surface area (Å²) < 4.78 is 28.0. The van der Waals surface area contributed by atoms with Gasteiger partial charge in [-0.1, -0.05) is 11.6 Å². The maximum atomic E-state index is 12.0. The highest BCUT2D eigenvalue weighted by molar-refractivity contribution is 7.90. The van der Waals surface area contributed by atoms with Crippen LogP contribution in [-0.2, 0) is 19.4 Å². The van der Waals surface area contributed by atoms with Gasteiger partial charge in [0, 0.05) is 20.4 Å². The molecule has 0 fully saturated rings. The summed E-state index contributed by atoms with van der Waals surface area (Å²) in [5.41, 5.74) is -0.0991. The lowest BCUT2D eigenvalue weighted by atomic mass is 10.2. The SMILES string of the molecule is C[C@@H](OC(=O)c1cc(S(C)(=O)=O)ccc1Cl)C(=O)N(C)C. The van der Waals surface area contributed by atoms with Gasteiger partial charge in [0.05, 0.1) is 15.5 Å². The number of likely N-dealkylation sites (N-methyl/N-ethyl adjacent to an activating group) is 1. The Morgan fingerprint density at radius 1 is 1.29 bits per heavy atom. The van der Waals surface area contributed by atoms with E-state index >= 15 is 0 Å². The second kappa shape index (κ2) is 6.44. The Balaban J connectivity index is 3.05. The highest BCUT2D eigenvalue weighted by atomic mass is 35.5. The van der Waals surface area contributed by atoms with Crippen LogP contribution in [0.3, 0.4) is 0 Å². The Morgan fingerprint density at radius 2 is 1.86 bits per heavy atom. The third kappa shape index (κ3) is 4.44. The van der Waals surface area contributed by atoms with Gasteiger partial charge in [-0.2, -0.15) is 0 Å². The van der Waals surface area contributed by atoms with E-state index in [0.29, 0.717) is 0 Å². The Morgan fingerprint density at radius 3 is 2.33 bits per heavy atom. The first-order valence-electron chi connectivity index (χ1n) is 5.95. The van der Waals surface area contributed by atoms with E-state index in [1.807, 2.05) is 0 Å². The minimum atomic E-state index is -3.48. The van der Waals surface area contributed by atoms with Crippen molar-refractivity contribution in [3.05, 3.63) is 28.8 Å². The summed E-state index contributed by atoms with van der Waals surface area (Å²) in [6.07, 6.45) is 0.0225. The molecule has 0 aliphatic rings. The van der Waals surface area contributed by atoms with Gasteiger partial charge in [-0.05, 0) is 25.1 Å². The quantitative estimate of drug-likeness (QED) is 0.777. The van der Waals surface area contributed by atoms with Gasteiger partial charge >= 0.3 is 5.97 Å². The molecule has 0 radical (unpaired) electrons. The van der Waals surface area contributed by atoms with Gasteiger partial charge in [0.25, 0.3) is 5.91 Å². The topological polar surface area (TPSA) is 80.8 Å². The van der Waals surface area contributed by atoms with E-state index in [1.54, 1.807) is 0 Å². The summed E-state index contributed by atoms with van der Waals surface area (Å²) in [6, 6.07) is 3.72. The molecule has 6 nitrogen and oxygen atoms in total. The van der Waals surface area contributed by atoms with Gasteiger partial charge in [-0.25, -0.2) is 13.2 Å². The first kappa shape index (κ1) is 17.5. The molecule has 0 saturated carbocycles. The summed E-state index contributed by atoms with van der Waals surface area (Å²) in [5.74, 6) is -1.24. The summed E-state index contributed by atoms with van der Waals surface area (Å²) >= 11 is 5.88. The van der Waals surface area contributed by atoms with Crippen LogP contribution in [0.25, 0.3) is 0 Å². The summed E-state index contributed by atoms with van der Waals surface area (Å²) in [7, 11) is -0.412. The van der Waals surface area contributed by atoms with Crippen LogP contribution in [0.2, 0.25) is 5.02 Å². The van der Waals surface area contributed by atoms with Crippen molar-refractivity contribution in [1.82, 2.24) is 4.90 Å². The second-order valence-corrected chi connectivity index (χ2v) is 7.12. The molecule has 0 unspecified atom stereocenters. The maximum absolute atomic E-state index is 12.0. The van der Waals surface area contributed by atoms with Crippen LogP contribution in [0.5, 0.6) is 0 Å². The Kier molecular flexibility index (Phi) is 5.36. The molecule has 1 aromatic carbocycles. The molecule has 0 aromatic heterocycles. The number of nitrogens with zero attached hydrogens (tertiary/aromatic N) is 1. The molecule has 0 aliphatic heterocycles. The first-order valence-corrected chi connectivity index (χ1v) is 8.22. The Bertz CT molecular complexity index is 669. The highest BCUT2D eigenvalue weighted by Crippen LogP contribution is 2.22. The Hall–Kier alpha value is -1.60. The number of carbonyl (C=O) groups excluding carboxylic acids is 2. The van der Waals surface area contributed by atoms with Gasteiger partial charge in [-0.3, -0.25) is 4.79 Å². The minimum Gasteiger partial charge on any atom is -0.449 e.